The normalized spacial score (nSPS) is 25.7. The molecule has 7 nitrogen and oxygen atoms in total. The highest BCUT2D eigenvalue weighted by atomic mass is 35.5. The van der Waals surface area contributed by atoms with E-state index in [1.54, 1.807) is 4.90 Å². The maximum absolute atomic E-state index is 12.1. The van der Waals surface area contributed by atoms with E-state index in [4.69, 9.17) is 4.74 Å². The third-order valence-corrected chi connectivity index (χ3v) is 4.54. The summed E-state index contributed by atoms with van der Waals surface area (Å²) in [6, 6.07) is -0.288. The molecule has 0 saturated carbocycles. The zero-order chi connectivity index (χ0) is 13.2. The Hall–Kier alpha value is -0.410. The van der Waals surface area contributed by atoms with E-state index in [2.05, 4.69) is 5.32 Å². The highest BCUT2D eigenvalue weighted by molar-refractivity contribution is 7.88. The van der Waals surface area contributed by atoms with Crippen molar-refractivity contribution in [3.63, 3.8) is 0 Å². The molecule has 112 valence electrons. The molecular formula is C10H20ClN3O4S. The van der Waals surface area contributed by atoms with E-state index in [9.17, 15) is 13.2 Å². The Bertz CT molecular complexity index is 403. The van der Waals surface area contributed by atoms with Gasteiger partial charge in [0, 0.05) is 32.7 Å². The molecule has 0 radical (unpaired) electrons. The van der Waals surface area contributed by atoms with Gasteiger partial charge in [0.15, 0.2) is 0 Å². The van der Waals surface area contributed by atoms with Gasteiger partial charge in [-0.3, -0.25) is 4.79 Å². The van der Waals surface area contributed by atoms with Crippen molar-refractivity contribution >= 4 is 28.3 Å². The molecule has 1 atom stereocenters. The van der Waals surface area contributed by atoms with Gasteiger partial charge < -0.3 is 15.0 Å². The third-order valence-electron chi connectivity index (χ3n) is 3.24. The van der Waals surface area contributed by atoms with Crippen molar-refractivity contribution in [2.24, 2.45) is 0 Å². The number of amides is 1. The first-order chi connectivity index (χ1) is 8.48. The molecule has 0 aromatic carbocycles. The second-order valence-electron chi connectivity index (χ2n) is 4.57. The Labute approximate surface area is 119 Å². The minimum absolute atomic E-state index is 0. The maximum atomic E-state index is 12.1. The van der Waals surface area contributed by atoms with Crippen molar-refractivity contribution < 1.29 is 17.9 Å². The standard InChI is InChI=1S/C10H19N3O4S.ClH/c1-18(15,16)13-5-3-12(4-6-13)10(14)9-8-17-7-2-11-9;/h9,11H,2-8H2,1H3;1H. The molecular weight excluding hydrogens is 294 g/mol. The monoisotopic (exact) mass is 313 g/mol. The van der Waals surface area contributed by atoms with Crippen LogP contribution in [0.1, 0.15) is 0 Å². The van der Waals surface area contributed by atoms with E-state index in [0.717, 1.165) is 0 Å². The van der Waals surface area contributed by atoms with E-state index in [1.807, 2.05) is 0 Å². The minimum atomic E-state index is -3.14. The van der Waals surface area contributed by atoms with Gasteiger partial charge in [0.05, 0.1) is 19.5 Å². The number of ether oxygens (including phenoxy) is 1. The average molecular weight is 314 g/mol. The number of nitrogens with one attached hydrogen (secondary N) is 1. The van der Waals surface area contributed by atoms with Gasteiger partial charge in [0.1, 0.15) is 6.04 Å². The van der Waals surface area contributed by atoms with Crippen molar-refractivity contribution in [3.05, 3.63) is 0 Å². The molecule has 0 bridgehead atoms. The summed E-state index contributed by atoms with van der Waals surface area (Å²) in [5, 5.41) is 3.11. The summed E-state index contributed by atoms with van der Waals surface area (Å²) in [7, 11) is -3.14. The molecule has 19 heavy (non-hydrogen) atoms. The summed E-state index contributed by atoms with van der Waals surface area (Å²) in [4.78, 5) is 13.8. The molecule has 1 unspecified atom stereocenters. The second-order valence-corrected chi connectivity index (χ2v) is 6.55. The summed E-state index contributed by atoms with van der Waals surface area (Å²) in [5.41, 5.74) is 0. The van der Waals surface area contributed by atoms with Gasteiger partial charge in [-0.15, -0.1) is 12.4 Å². The quantitative estimate of drug-likeness (QED) is 0.671. The van der Waals surface area contributed by atoms with Crippen molar-refractivity contribution in [2.45, 2.75) is 6.04 Å². The van der Waals surface area contributed by atoms with Gasteiger partial charge in [-0.05, 0) is 0 Å². The van der Waals surface area contributed by atoms with Crippen LogP contribution in [0.2, 0.25) is 0 Å². The minimum Gasteiger partial charge on any atom is -0.378 e. The number of carbonyl (C=O) groups is 1. The first kappa shape index (κ1) is 16.6. The molecule has 1 amide bonds. The molecule has 0 aromatic heterocycles. The first-order valence-electron chi connectivity index (χ1n) is 6.03. The second kappa shape index (κ2) is 6.85. The number of rotatable bonds is 2. The molecule has 0 aliphatic carbocycles. The van der Waals surface area contributed by atoms with Gasteiger partial charge in [0.25, 0.3) is 0 Å². The fourth-order valence-electron chi connectivity index (χ4n) is 2.18. The van der Waals surface area contributed by atoms with Crippen molar-refractivity contribution in [1.82, 2.24) is 14.5 Å². The predicted octanol–water partition coefficient (Wildman–Crippen LogP) is -1.50. The van der Waals surface area contributed by atoms with Crippen LogP contribution < -0.4 is 5.32 Å². The molecule has 9 heteroatoms. The lowest BCUT2D eigenvalue weighted by atomic mass is 10.2. The topological polar surface area (TPSA) is 79.0 Å². The Morgan fingerprint density at radius 2 is 1.89 bits per heavy atom. The SMILES string of the molecule is CS(=O)(=O)N1CCN(C(=O)C2COCCN2)CC1.Cl. The molecule has 0 spiro atoms. The lowest BCUT2D eigenvalue weighted by Crippen LogP contribution is -2.57. The molecule has 0 aromatic rings. The predicted molar refractivity (Wildman–Crippen MR) is 72.9 cm³/mol. The van der Waals surface area contributed by atoms with Crippen LogP contribution in [-0.4, -0.2) is 81.8 Å². The van der Waals surface area contributed by atoms with Crippen molar-refractivity contribution in [2.75, 3.05) is 52.2 Å². The van der Waals surface area contributed by atoms with Crippen molar-refractivity contribution in [3.8, 4) is 0 Å². The lowest BCUT2D eigenvalue weighted by molar-refractivity contribution is -0.137. The summed E-state index contributed by atoms with van der Waals surface area (Å²) >= 11 is 0. The van der Waals surface area contributed by atoms with Gasteiger partial charge in [-0.2, -0.15) is 4.31 Å². The van der Waals surface area contributed by atoms with Crippen LogP contribution in [0, 0.1) is 0 Å². The maximum Gasteiger partial charge on any atom is 0.242 e. The number of halogens is 1. The third kappa shape index (κ3) is 4.28. The van der Waals surface area contributed by atoms with Crippen LogP contribution in [0.25, 0.3) is 0 Å². The highest BCUT2D eigenvalue weighted by Gasteiger charge is 2.30. The fraction of sp³-hybridized carbons (Fsp3) is 0.900. The Kier molecular flexibility index (Phi) is 6.00. The number of carbonyl (C=O) groups excluding carboxylic acids is 1. The summed E-state index contributed by atoms with van der Waals surface area (Å²) < 4.78 is 29.4. The fourth-order valence-corrected chi connectivity index (χ4v) is 3.01. The van der Waals surface area contributed by atoms with E-state index in [0.29, 0.717) is 45.9 Å². The zero-order valence-corrected chi connectivity index (χ0v) is 12.5. The molecule has 2 aliphatic rings. The average Bonchev–Trinajstić information content (AvgIpc) is 2.38. The highest BCUT2D eigenvalue weighted by Crippen LogP contribution is 2.08. The van der Waals surface area contributed by atoms with Crippen LogP contribution in [0.3, 0.4) is 0 Å². The Morgan fingerprint density at radius 3 is 2.37 bits per heavy atom. The van der Waals surface area contributed by atoms with E-state index in [1.165, 1.54) is 10.6 Å². The Morgan fingerprint density at radius 1 is 1.26 bits per heavy atom. The van der Waals surface area contributed by atoms with Crippen LogP contribution >= 0.6 is 12.4 Å². The number of morpholine rings is 1. The molecule has 2 saturated heterocycles. The van der Waals surface area contributed by atoms with Crippen LogP contribution in [-0.2, 0) is 19.6 Å². The zero-order valence-electron chi connectivity index (χ0n) is 10.9. The smallest absolute Gasteiger partial charge is 0.242 e. The van der Waals surface area contributed by atoms with Crippen molar-refractivity contribution in [1.29, 1.82) is 0 Å². The molecule has 2 aliphatic heterocycles. The summed E-state index contributed by atoms with van der Waals surface area (Å²) in [6.07, 6.45) is 1.20. The molecule has 1 N–H and O–H groups in total. The van der Waals surface area contributed by atoms with Crippen LogP contribution in [0.15, 0.2) is 0 Å². The van der Waals surface area contributed by atoms with Crippen LogP contribution in [0.5, 0.6) is 0 Å². The molecule has 2 fully saturated rings. The van der Waals surface area contributed by atoms with Gasteiger partial charge in [0.2, 0.25) is 15.9 Å². The van der Waals surface area contributed by atoms with E-state index in [-0.39, 0.29) is 24.4 Å². The molecule has 2 rings (SSSR count). The number of piperazine rings is 1. The first-order valence-corrected chi connectivity index (χ1v) is 7.88. The van der Waals surface area contributed by atoms with Gasteiger partial charge >= 0.3 is 0 Å². The number of sulfonamides is 1. The molecule has 2 heterocycles. The summed E-state index contributed by atoms with van der Waals surface area (Å²) in [5.74, 6) is 0.00264. The van der Waals surface area contributed by atoms with Gasteiger partial charge in [-0.25, -0.2) is 8.42 Å². The number of hydrogen-bond donors (Lipinski definition) is 1. The lowest BCUT2D eigenvalue weighted by Gasteiger charge is -2.36. The summed E-state index contributed by atoms with van der Waals surface area (Å²) in [6.45, 7) is 3.35. The largest absolute Gasteiger partial charge is 0.378 e. The van der Waals surface area contributed by atoms with E-state index >= 15 is 0 Å². The van der Waals surface area contributed by atoms with Gasteiger partial charge in [-0.1, -0.05) is 0 Å². The van der Waals surface area contributed by atoms with Crippen LogP contribution in [0.4, 0.5) is 0 Å². The van der Waals surface area contributed by atoms with E-state index < -0.39 is 10.0 Å². The Balaban J connectivity index is 0.00000180. The number of hydrogen-bond acceptors (Lipinski definition) is 5. The number of nitrogens with zero attached hydrogens (tertiary/aromatic N) is 2.